The van der Waals surface area contributed by atoms with Crippen molar-refractivity contribution in [3.8, 4) is 22.5 Å². The number of aromatic nitrogens is 3. The summed E-state index contributed by atoms with van der Waals surface area (Å²) in [5.41, 5.74) is 5.02. The maximum absolute atomic E-state index is 8.70. The maximum atomic E-state index is 8.70. The summed E-state index contributed by atoms with van der Waals surface area (Å²) in [6.45, 7) is 2.37. The normalized spacial score (nSPS) is 14.5. The van der Waals surface area contributed by atoms with Crippen molar-refractivity contribution in [2.45, 2.75) is 39.7 Å². The largest absolute Gasteiger partial charge is 0.486 e. The Morgan fingerprint density at radius 1 is 0.735 bits per heavy atom. The van der Waals surface area contributed by atoms with Crippen LogP contribution in [-0.4, -0.2) is 23.0 Å². The van der Waals surface area contributed by atoms with Gasteiger partial charge in [-0.2, -0.15) is 0 Å². The van der Waals surface area contributed by atoms with Crippen molar-refractivity contribution < 1.29 is 35.5 Å². The molecule has 0 bridgehead atoms. The van der Waals surface area contributed by atoms with Crippen LogP contribution in [0.2, 0.25) is 19.6 Å². The summed E-state index contributed by atoms with van der Waals surface area (Å²) in [6, 6.07) is 38.5. The molecule has 0 N–H and O–H groups in total. The molecular formula is C43H37IrN3OSi-2. The van der Waals surface area contributed by atoms with E-state index in [-0.39, 0.29) is 31.5 Å². The van der Waals surface area contributed by atoms with E-state index >= 15 is 0 Å². The van der Waals surface area contributed by atoms with Crippen LogP contribution in [0.3, 0.4) is 0 Å². The Labute approximate surface area is 313 Å². The standard InChI is InChI=1S/C28H19N2O.C15H18NSi.Ir/c1-18-22-9-5-6-10-23(22)27-24-17-21(11-12-26(24)31-28(27)30-18)25-16-20(13-14-29-25)15-19-7-3-2-4-8-19;1-12-5-7-13(8-6-12)15-10-9-14(11-16-15)17(2,3)4;/h2-10,12-14,16-17H,15H2,1H3;5-7,9-11H,1-4H3;/q2*-1;/i1D3,15D2;1D3;. The Kier molecular flexibility index (Phi) is 7.42. The monoisotopic (exact) mass is 840 g/mol. The van der Waals surface area contributed by atoms with Crippen LogP contribution in [0.4, 0.5) is 0 Å². The Hall–Kier alpha value is -4.74. The molecule has 0 aliphatic heterocycles. The Morgan fingerprint density at radius 3 is 2.24 bits per heavy atom. The zero-order chi connectivity index (χ0) is 40.0. The molecule has 0 fully saturated rings. The quantitative estimate of drug-likeness (QED) is 0.128. The number of hydrogen-bond donors (Lipinski definition) is 0. The minimum atomic E-state index is -2.38. The summed E-state index contributed by atoms with van der Waals surface area (Å²) in [5, 5.41) is 4.09. The third-order valence-electron chi connectivity index (χ3n) is 8.08. The molecule has 1 radical (unpaired) electrons. The smallest absolute Gasteiger partial charge is 0.217 e. The van der Waals surface area contributed by atoms with E-state index in [1.807, 2.05) is 48.7 Å². The van der Waals surface area contributed by atoms with Gasteiger partial charge in [-0.3, -0.25) is 0 Å². The molecule has 0 atom stereocenters. The molecule has 0 amide bonds. The maximum Gasteiger partial charge on any atom is 0.217 e. The fourth-order valence-electron chi connectivity index (χ4n) is 5.51. The first-order chi connectivity index (χ1) is 26.4. The zero-order valence-corrected chi connectivity index (χ0v) is 30.5. The number of hydrogen-bond acceptors (Lipinski definition) is 4. The first-order valence-corrected chi connectivity index (χ1v) is 19.1. The van der Waals surface area contributed by atoms with Crippen molar-refractivity contribution in [3.05, 3.63) is 156 Å². The van der Waals surface area contributed by atoms with Crippen molar-refractivity contribution in [3.63, 3.8) is 0 Å². The predicted octanol–water partition coefficient (Wildman–Crippen LogP) is 10.3. The molecule has 4 nitrogen and oxygen atoms in total. The Bertz CT molecular complexity index is 2620. The number of furan rings is 1. The molecule has 0 aliphatic carbocycles. The van der Waals surface area contributed by atoms with Gasteiger partial charge in [-0.05, 0) is 52.4 Å². The first-order valence-electron chi connectivity index (χ1n) is 19.6. The molecule has 0 saturated heterocycles. The Morgan fingerprint density at radius 2 is 1.53 bits per heavy atom. The van der Waals surface area contributed by atoms with Crippen LogP contribution in [-0.2, 0) is 26.5 Å². The summed E-state index contributed by atoms with van der Waals surface area (Å²) in [7, 11) is -1.34. The Balaban J connectivity index is 0.000000223. The van der Waals surface area contributed by atoms with Crippen LogP contribution < -0.4 is 5.19 Å². The number of benzene rings is 4. The molecule has 49 heavy (non-hydrogen) atoms. The topological polar surface area (TPSA) is 51.8 Å². The number of pyridine rings is 3. The van der Waals surface area contributed by atoms with E-state index in [4.69, 9.17) is 15.4 Å². The van der Waals surface area contributed by atoms with E-state index < -0.39 is 28.2 Å². The van der Waals surface area contributed by atoms with E-state index in [1.54, 1.807) is 60.8 Å². The van der Waals surface area contributed by atoms with Gasteiger partial charge in [0.25, 0.3) is 0 Å². The van der Waals surface area contributed by atoms with E-state index in [1.165, 1.54) is 11.3 Å². The number of fused-ring (bicyclic) bond motifs is 5. The van der Waals surface area contributed by atoms with Gasteiger partial charge in [-0.15, -0.1) is 59.2 Å². The third kappa shape index (κ3) is 7.47. The van der Waals surface area contributed by atoms with Crippen molar-refractivity contribution >= 4 is 46.1 Å². The van der Waals surface area contributed by atoms with Gasteiger partial charge >= 0.3 is 0 Å². The zero-order valence-electron chi connectivity index (χ0n) is 35.1. The van der Waals surface area contributed by atoms with Crippen LogP contribution in [0, 0.1) is 25.8 Å². The first kappa shape index (κ1) is 25.3. The average Bonchev–Trinajstić information content (AvgIpc) is 3.56. The second-order valence-electron chi connectivity index (χ2n) is 12.5. The second-order valence-corrected chi connectivity index (χ2v) is 17.6. The summed E-state index contributed by atoms with van der Waals surface area (Å²) in [4.78, 5) is 13.3. The molecule has 0 unspecified atom stereocenters. The molecule has 4 aromatic carbocycles. The van der Waals surface area contributed by atoms with Crippen molar-refractivity contribution in [1.29, 1.82) is 0 Å². The molecular weight excluding hydrogens is 795 g/mol. The van der Waals surface area contributed by atoms with Gasteiger partial charge in [-0.25, -0.2) is 4.98 Å². The van der Waals surface area contributed by atoms with Crippen LogP contribution in [0.25, 0.3) is 55.4 Å². The summed E-state index contributed by atoms with van der Waals surface area (Å²) >= 11 is 0. The van der Waals surface area contributed by atoms with Gasteiger partial charge in [0.05, 0.1) is 13.7 Å². The summed E-state index contributed by atoms with van der Waals surface area (Å²) in [5.74, 6) is 0. The van der Waals surface area contributed by atoms with Crippen molar-refractivity contribution in [2.75, 3.05) is 0 Å². The minimum absolute atomic E-state index is 0. The van der Waals surface area contributed by atoms with Crippen molar-refractivity contribution in [2.24, 2.45) is 0 Å². The van der Waals surface area contributed by atoms with Crippen LogP contribution in [0.5, 0.6) is 0 Å². The van der Waals surface area contributed by atoms with Crippen LogP contribution >= 0.6 is 0 Å². The molecule has 245 valence electrons. The van der Waals surface area contributed by atoms with E-state index in [2.05, 4.69) is 52.8 Å². The molecule has 8 rings (SSSR count). The number of nitrogens with zero attached hydrogens (tertiary/aromatic N) is 3. The van der Waals surface area contributed by atoms with Gasteiger partial charge in [0, 0.05) is 59.9 Å². The predicted molar refractivity (Wildman–Crippen MR) is 201 cm³/mol. The molecule has 6 heteroatoms. The molecule has 0 saturated carbocycles. The SMILES string of the molecule is [2H]C([2H])([2H])c1c[c-]c(-c2ccc([Si](C)(C)C)cn2)cc1.[2H]C([2H])([2H])c1nc2oc3c[c-]c(-c4cc(C([2H])([2H])c5ccccc5)ccn4)cc3c2c2ccccc12.[Ir]. The molecule has 4 aromatic heterocycles. The molecule has 0 spiro atoms. The average molecular weight is 840 g/mol. The van der Waals surface area contributed by atoms with Crippen molar-refractivity contribution in [1.82, 2.24) is 15.0 Å². The fraction of sp³-hybridized carbons (Fsp3) is 0.140. The van der Waals surface area contributed by atoms with Crippen LogP contribution in [0.1, 0.15) is 33.4 Å². The van der Waals surface area contributed by atoms with E-state index in [9.17, 15) is 0 Å². The van der Waals surface area contributed by atoms with Gasteiger partial charge < -0.3 is 14.4 Å². The number of rotatable bonds is 5. The summed E-state index contributed by atoms with van der Waals surface area (Å²) in [6.07, 6.45) is 1.82. The van der Waals surface area contributed by atoms with Crippen LogP contribution in [0.15, 0.2) is 126 Å². The van der Waals surface area contributed by atoms with E-state index in [0.717, 1.165) is 27.4 Å². The third-order valence-corrected chi connectivity index (χ3v) is 10.1. The molecule has 4 heterocycles. The fourth-order valence-corrected chi connectivity index (χ4v) is 6.54. The minimum Gasteiger partial charge on any atom is -0.486 e. The molecule has 8 aromatic rings. The second kappa shape index (κ2) is 14.4. The van der Waals surface area contributed by atoms with E-state index in [0.29, 0.717) is 38.9 Å². The van der Waals surface area contributed by atoms with Gasteiger partial charge in [0.15, 0.2) is 0 Å². The van der Waals surface area contributed by atoms with Gasteiger partial charge in [0.2, 0.25) is 5.71 Å². The van der Waals surface area contributed by atoms with Gasteiger partial charge in [-0.1, -0.05) is 105 Å². The van der Waals surface area contributed by atoms with Gasteiger partial charge in [0.1, 0.15) is 0 Å². The number of aryl methyl sites for hydroxylation is 2. The summed E-state index contributed by atoms with van der Waals surface area (Å²) < 4.78 is 69.2. The molecule has 0 aliphatic rings.